The van der Waals surface area contributed by atoms with E-state index in [1.54, 1.807) is 37.3 Å². The third-order valence-corrected chi connectivity index (χ3v) is 8.14. The van der Waals surface area contributed by atoms with Crippen LogP contribution in [0.25, 0.3) is 6.08 Å². The molecule has 36 heavy (non-hydrogen) atoms. The van der Waals surface area contributed by atoms with Gasteiger partial charge in [0.2, 0.25) is 5.88 Å². The lowest BCUT2D eigenvalue weighted by molar-refractivity contribution is -0.122. The van der Waals surface area contributed by atoms with Crippen LogP contribution in [0.15, 0.2) is 57.5 Å². The molecule has 1 fully saturated rings. The largest absolute Gasteiger partial charge is 0.494 e. The number of aromatic hydroxyl groups is 1. The zero-order valence-corrected chi connectivity index (χ0v) is 21.9. The van der Waals surface area contributed by atoms with Crippen molar-refractivity contribution in [2.24, 2.45) is 0 Å². The molecule has 1 aliphatic rings. The quantitative estimate of drug-likeness (QED) is 0.261. The van der Waals surface area contributed by atoms with E-state index in [1.807, 2.05) is 29.6 Å². The fourth-order valence-corrected chi connectivity index (χ4v) is 6.06. The minimum Gasteiger partial charge on any atom is -0.494 e. The molecule has 0 aliphatic carbocycles. The molecule has 1 N–H and O–H groups in total. The van der Waals surface area contributed by atoms with Crippen LogP contribution < -0.4 is 5.56 Å². The van der Waals surface area contributed by atoms with Crippen molar-refractivity contribution in [1.82, 2.24) is 9.47 Å². The summed E-state index contributed by atoms with van der Waals surface area (Å²) < 4.78 is 1.41. The third kappa shape index (κ3) is 4.78. The minimum atomic E-state index is -0.670. The molecular weight excluding hydrogens is 515 g/mol. The number of hydrogen-bond donors (Lipinski definition) is 1. The number of rotatable bonds is 7. The molecule has 3 aromatic rings. The van der Waals surface area contributed by atoms with Gasteiger partial charge in [0.05, 0.1) is 16.5 Å². The fraction of sp³-hybridized carbons (Fsp3) is 0.192. The molecule has 1 amide bonds. The number of amides is 1. The first kappa shape index (κ1) is 25.6. The van der Waals surface area contributed by atoms with E-state index in [2.05, 4.69) is 0 Å². The van der Waals surface area contributed by atoms with Crippen molar-refractivity contribution in [3.05, 3.63) is 90.2 Å². The van der Waals surface area contributed by atoms with Gasteiger partial charge in [-0.15, -0.1) is 11.3 Å². The highest BCUT2D eigenvalue weighted by atomic mass is 32.2. The maximum Gasteiger partial charge on any atom is 0.272 e. The SMILES string of the molecule is Cc1c(C(=O)CCN2C(=O)/C(=C/c3cccs3)SC2=S)c(O)n(C(C)c2ccccc2)c(=O)c1C#N. The van der Waals surface area contributed by atoms with Gasteiger partial charge < -0.3 is 5.11 Å². The van der Waals surface area contributed by atoms with Gasteiger partial charge in [-0.05, 0) is 42.5 Å². The van der Waals surface area contributed by atoms with E-state index in [1.165, 1.54) is 34.9 Å². The maximum atomic E-state index is 13.3. The van der Waals surface area contributed by atoms with Gasteiger partial charge in [-0.3, -0.25) is 23.9 Å². The Hall–Kier alpha value is -3.52. The Bertz CT molecular complexity index is 1490. The highest BCUT2D eigenvalue weighted by Crippen LogP contribution is 2.34. The van der Waals surface area contributed by atoms with Gasteiger partial charge in [-0.25, -0.2) is 0 Å². The van der Waals surface area contributed by atoms with E-state index in [0.717, 1.165) is 15.0 Å². The number of nitrogens with zero attached hydrogens (tertiary/aromatic N) is 3. The van der Waals surface area contributed by atoms with Gasteiger partial charge >= 0.3 is 0 Å². The first-order chi connectivity index (χ1) is 17.2. The van der Waals surface area contributed by atoms with Crippen molar-refractivity contribution >= 4 is 57.4 Å². The summed E-state index contributed by atoms with van der Waals surface area (Å²) in [6, 6.07) is 14.1. The van der Waals surface area contributed by atoms with E-state index in [9.17, 15) is 24.8 Å². The number of ketones is 1. The summed E-state index contributed by atoms with van der Waals surface area (Å²) in [5, 5.41) is 22.6. The third-order valence-electron chi connectivity index (χ3n) is 5.95. The molecule has 4 rings (SSSR count). The lowest BCUT2D eigenvalue weighted by atomic mass is 9.98. The van der Waals surface area contributed by atoms with Gasteiger partial charge in [0, 0.05) is 17.8 Å². The second kappa shape index (κ2) is 10.6. The second-order valence-corrected chi connectivity index (χ2v) is 10.7. The molecule has 1 atom stereocenters. The smallest absolute Gasteiger partial charge is 0.272 e. The first-order valence-corrected chi connectivity index (χ1v) is 13.1. The number of pyridine rings is 1. The number of benzene rings is 1. The van der Waals surface area contributed by atoms with E-state index in [0.29, 0.717) is 9.23 Å². The molecule has 1 unspecified atom stereocenters. The predicted octanol–water partition coefficient (Wildman–Crippen LogP) is 4.88. The van der Waals surface area contributed by atoms with Crippen LogP contribution in [0, 0.1) is 18.3 Å². The number of carbonyl (C=O) groups is 2. The molecule has 0 spiro atoms. The second-order valence-electron chi connectivity index (χ2n) is 8.09. The maximum absolute atomic E-state index is 13.3. The average molecular weight is 536 g/mol. The van der Waals surface area contributed by atoms with Crippen LogP contribution >= 0.6 is 35.3 Å². The van der Waals surface area contributed by atoms with Gasteiger partial charge in [0.1, 0.15) is 16.0 Å². The molecule has 0 bridgehead atoms. The number of thioether (sulfide) groups is 1. The lowest BCUT2D eigenvalue weighted by Gasteiger charge is -2.21. The number of aromatic nitrogens is 1. The molecule has 1 saturated heterocycles. The zero-order valence-electron chi connectivity index (χ0n) is 19.4. The van der Waals surface area contributed by atoms with Crippen molar-refractivity contribution in [2.45, 2.75) is 26.3 Å². The predicted molar refractivity (Wildman–Crippen MR) is 145 cm³/mol. The molecular formula is C26H21N3O4S3. The molecule has 182 valence electrons. The Morgan fingerprint density at radius 2 is 1.94 bits per heavy atom. The molecule has 7 nitrogen and oxygen atoms in total. The zero-order chi connectivity index (χ0) is 26.0. The molecule has 3 heterocycles. The number of thiophene rings is 1. The summed E-state index contributed by atoms with van der Waals surface area (Å²) in [7, 11) is 0. The van der Waals surface area contributed by atoms with Crippen LogP contribution in [-0.2, 0) is 4.79 Å². The molecule has 10 heteroatoms. The molecule has 2 aromatic heterocycles. The van der Waals surface area contributed by atoms with Crippen LogP contribution in [0.1, 0.15) is 51.3 Å². The summed E-state index contributed by atoms with van der Waals surface area (Å²) in [5.74, 6) is -1.28. The van der Waals surface area contributed by atoms with Crippen molar-refractivity contribution in [1.29, 1.82) is 5.26 Å². The van der Waals surface area contributed by atoms with Crippen LogP contribution in [0.3, 0.4) is 0 Å². The van der Waals surface area contributed by atoms with E-state index < -0.39 is 23.3 Å². The van der Waals surface area contributed by atoms with Gasteiger partial charge in [0.15, 0.2) is 5.78 Å². The highest BCUT2D eigenvalue weighted by molar-refractivity contribution is 8.26. The number of nitriles is 1. The summed E-state index contributed by atoms with van der Waals surface area (Å²) in [6.07, 6.45) is 1.62. The van der Waals surface area contributed by atoms with Gasteiger partial charge in [-0.2, -0.15) is 5.26 Å². The van der Waals surface area contributed by atoms with Crippen LogP contribution in [0.2, 0.25) is 0 Å². The standard InChI is InChI=1S/C26H21N3O4S3/c1-15-19(14-27)23(31)29(16(2)17-7-4-3-5-8-17)25(33)22(15)20(30)10-11-28-24(32)21(36-26(28)34)13-18-9-6-12-35-18/h3-9,12-13,16,33H,10-11H2,1-2H3/b21-13-. The Kier molecular flexibility index (Phi) is 7.54. The normalized spacial score (nSPS) is 15.4. The Morgan fingerprint density at radius 3 is 2.58 bits per heavy atom. The molecule has 0 radical (unpaired) electrons. The van der Waals surface area contributed by atoms with Crippen LogP contribution in [0.5, 0.6) is 5.88 Å². The van der Waals surface area contributed by atoms with E-state index in [4.69, 9.17) is 12.2 Å². The summed E-state index contributed by atoms with van der Waals surface area (Å²) in [5.41, 5.74) is -0.131. The fourth-order valence-electron chi connectivity index (χ4n) is 4.03. The number of thiocarbonyl (C=S) groups is 1. The topological polar surface area (TPSA) is 103 Å². The van der Waals surface area contributed by atoms with E-state index in [-0.39, 0.29) is 35.6 Å². The Morgan fingerprint density at radius 1 is 1.22 bits per heavy atom. The lowest BCUT2D eigenvalue weighted by Crippen LogP contribution is -2.32. The summed E-state index contributed by atoms with van der Waals surface area (Å²) in [4.78, 5) is 42.0. The number of Topliss-reactive ketones (excluding diaryl/α,β-unsaturated/α-hetero) is 1. The first-order valence-electron chi connectivity index (χ1n) is 11.0. The van der Waals surface area contributed by atoms with Crippen molar-refractivity contribution < 1.29 is 14.7 Å². The monoisotopic (exact) mass is 535 g/mol. The van der Waals surface area contributed by atoms with Crippen molar-refractivity contribution in [3.8, 4) is 11.9 Å². The van der Waals surface area contributed by atoms with Crippen LogP contribution in [-0.4, -0.2) is 37.1 Å². The summed E-state index contributed by atoms with van der Waals surface area (Å²) in [6.45, 7) is 3.19. The Balaban J connectivity index is 1.63. The molecule has 1 aromatic carbocycles. The van der Waals surface area contributed by atoms with Crippen molar-refractivity contribution in [2.75, 3.05) is 6.54 Å². The minimum absolute atomic E-state index is 0.0133. The van der Waals surface area contributed by atoms with Crippen LogP contribution in [0.4, 0.5) is 0 Å². The molecule has 0 saturated carbocycles. The average Bonchev–Trinajstić information content (AvgIpc) is 3.46. The van der Waals surface area contributed by atoms with Gasteiger partial charge in [-0.1, -0.05) is 60.4 Å². The molecule has 1 aliphatic heterocycles. The van der Waals surface area contributed by atoms with Crippen molar-refractivity contribution in [3.63, 3.8) is 0 Å². The highest BCUT2D eigenvalue weighted by Gasteiger charge is 2.33. The Labute approximate surface area is 221 Å². The van der Waals surface area contributed by atoms with Gasteiger partial charge in [0.25, 0.3) is 11.5 Å². The number of carbonyl (C=O) groups excluding carboxylic acids is 2. The van der Waals surface area contributed by atoms with E-state index >= 15 is 0 Å². The summed E-state index contributed by atoms with van der Waals surface area (Å²) >= 11 is 8.03. The number of hydrogen-bond acceptors (Lipinski definition) is 8.